The Hall–Kier alpha value is -0.900. The molecule has 0 amide bonds. The minimum atomic E-state index is 0.447. The monoisotopic (exact) mass is 273 g/mol. The summed E-state index contributed by atoms with van der Waals surface area (Å²) in [6.45, 7) is 4.73. The molecule has 1 aliphatic heterocycles. The topological polar surface area (TPSA) is 32.5 Å². The number of rotatable bonds is 3. The minimum Gasteiger partial charge on any atom is -0.328 e. The van der Waals surface area contributed by atoms with E-state index >= 15 is 0 Å². The van der Waals surface area contributed by atoms with Crippen molar-refractivity contribution in [2.75, 3.05) is 33.2 Å². The summed E-state index contributed by atoms with van der Waals surface area (Å²) in [5, 5.41) is 0. The highest BCUT2D eigenvalue weighted by Gasteiger charge is 2.30. The van der Waals surface area contributed by atoms with Gasteiger partial charge in [-0.2, -0.15) is 0 Å². The summed E-state index contributed by atoms with van der Waals surface area (Å²) in [5.74, 6) is 0.805. The van der Waals surface area contributed by atoms with Crippen LogP contribution in [0.5, 0.6) is 0 Å². The number of hydrogen-bond donors (Lipinski definition) is 1. The van der Waals surface area contributed by atoms with Crippen molar-refractivity contribution in [3.63, 3.8) is 0 Å². The van der Waals surface area contributed by atoms with Crippen molar-refractivity contribution in [3.8, 4) is 0 Å². The average Bonchev–Trinajstić information content (AvgIpc) is 2.87. The predicted molar refractivity (Wildman–Crippen MR) is 83.6 cm³/mol. The van der Waals surface area contributed by atoms with E-state index in [1.807, 2.05) is 0 Å². The van der Waals surface area contributed by atoms with Crippen molar-refractivity contribution in [2.45, 2.75) is 31.3 Å². The molecule has 1 saturated carbocycles. The van der Waals surface area contributed by atoms with E-state index in [9.17, 15) is 0 Å². The van der Waals surface area contributed by atoms with Crippen LogP contribution in [-0.2, 0) is 0 Å². The zero-order valence-corrected chi connectivity index (χ0v) is 12.5. The van der Waals surface area contributed by atoms with Crippen molar-refractivity contribution in [1.29, 1.82) is 0 Å². The van der Waals surface area contributed by atoms with Crippen LogP contribution in [0.4, 0.5) is 0 Å². The molecule has 0 bridgehead atoms. The molecule has 3 unspecified atom stereocenters. The quantitative estimate of drug-likeness (QED) is 0.915. The Morgan fingerprint density at radius 1 is 1.15 bits per heavy atom. The largest absolute Gasteiger partial charge is 0.328 e. The first kappa shape index (κ1) is 14.1. The number of nitrogens with zero attached hydrogens (tertiary/aromatic N) is 2. The first-order valence-corrected chi connectivity index (χ1v) is 7.95. The van der Waals surface area contributed by atoms with Gasteiger partial charge in [0.2, 0.25) is 0 Å². The Morgan fingerprint density at radius 2 is 1.95 bits per heavy atom. The van der Waals surface area contributed by atoms with Gasteiger partial charge < -0.3 is 10.6 Å². The number of hydrogen-bond acceptors (Lipinski definition) is 3. The number of benzene rings is 1. The summed E-state index contributed by atoms with van der Waals surface area (Å²) in [6, 6.07) is 12.0. The van der Waals surface area contributed by atoms with Gasteiger partial charge in [0.1, 0.15) is 0 Å². The van der Waals surface area contributed by atoms with Crippen LogP contribution in [0.3, 0.4) is 0 Å². The predicted octanol–water partition coefficient (Wildman–Crippen LogP) is 2.10. The molecule has 0 spiro atoms. The number of likely N-dealkylation sites (N-methyl/N-ethyl adjacent to an activating group) is 1. The summed E-state index contributed by atoms with van der Waals surface area (Å²) in [6.07, 6.45) is 3.75. The van der Waals surface area contributed by atoms with Crippen LogP contribution >= 0.6 is 0 Å². The molecule has 0 aromatic heterocycles. The van der Waals surface area contributed by atoms with Crippen molar-refractivity contribution in [1.82, 2.24) is 9.80 Å². The van der Waals surface area contributed by atoms with Gasteiger partial charge >= 0.3 is 0 Å². The van der Waals surface area contributed by atoms with Gasteiger partial charge in [0.15, 0.2) is 0 Å². The van der Waals surface area contributed by atoms with Gasteiger partial charge in [-0.25, -0.2) is 0 Å². The normalized spacial score (nSPS) is 32.6. The van der Waals surface area contributed by atoms with Crippen LogP contribution in [0.2, 0.25) is 0 Å². The highest BCUT2D eigenvalue weighted by molar-refractivity contribution is 5.20. The minimum absolute atomic E-state index is 0.447. The van der Waals surface area contributed by atoms with E-state index in [2.05, 4.69) is 47.2 Å². The number of piperazine rings is 1. The van der Waals surface area contributed by atoms with Crippen LogP contribution in [0.1, 0.15) is 30.9 Å². The Bertz CT molecular complexity index is 420. The summed E-state index contributed by atoms with van der Waals surface area (Å²) < 4.78 is 0. The van der Waals surface area contributed by atoms with Crippen LogP contribution in [0.25, 0.3) is 0 Å². The molecule has 1 saturated heterocycles. The molecule has 110 valence electrons. The zero-order valence-electron chi connectivity index (χ0n) is 12.5. The van der Waals surface area contributed by atoms with Crippen LogP contribution in [0, 0.1) is 5.92 Å². The van der Waals surface area contributed by atoms with Crippen LogP contribution in [-0.4, -0.2) is 49.1 Å². The van der Waals surface area contributed by atoms with Gasteiger partial charge in [0.05, 0.1) is 0 Å². The molecular formula is C17H27N3. The molecule has 1 aromatic rings. The number of nitrogens with two attached hydrogens (primary N) is 1. The van der Waals surface area contributed by atoms with E-state index in [4.69, 9.17) is 5.73 Å². The second-order valence-corrected chi connectivity index (χ2v) is 6.62. The van der Waals surface area contributed by atoms with Gasteiger partial charge in [-0.15, -0.1) is 0 Å². The highest BCUT2D eigenvalue weighted by Crippen LogP contribution is 2.30. The molecule has 2 aliphatic rings. The summed E-state index contributed by atoms with van der Waals surface area (Å²) in [5.41, 5.74) is 7.53. The van der Waals surface area contributed by atoms with Gasteiger partial charge in [-0.3, -0.25) is 4.90 Å². The van der Waals surface area contributed by atoms with Gasteiger partial charge in [-0.05, 0) is 37.8 Å². The van der Waals surface area contributed by atoms with Crippen molar-refractivity contribution in [2.24, 2.45) is 11.7 Å². The van der Waals surface area contributed by atoms with E-state index < -0.39 is 0 Å². The third-order valence-corrected chi connectivity index (χ3v) is 4.95. The molecule has 3 nitrogen and oxygen atoms in total. The van der Waals surface area contributed by atoms with Gasteiger partial charge in [-0.1, -0.05) is 30.3 Å². The first-order chi connectivity index (χ1) is 9.72. The molecule has 3 atom stereocenters. The van der Waals surface area contributed by atoms with E-state index in [1.54, 1.807) is 0 Å². The van der Waals surface area contributed by atoms with E-state index in [0.29, 0.717) is 12.1 Å². The van der Waals surface area contributed by atoms with Crippen LogP contribution < -0.4 is 5.73 Å². The Morgan fingerprint density at radius 3 is 2.65 bits per heavy atom. The van der Waals surface area contributed by atoms with Crippen molar-refractivity contribution >= 4 is 0 Å². The van der Waals surface area contributed by atoms with Gasteiger partial charge in [0.25, 0.3) is 0 Å². The second-order valence-electron chi connectivity index (χ2n) is 6.62. The molecule has 20 heavy (non-hydrogen) atoms. The summed E-state index contributed by atoms with van der Waals surface area (Å²) in [4.78, 5) is 5.15. The summed E-state index contributed by atoms with van der Waals surface area (Å²) in [7, 11) is 2.23. The fourth-order valence-electron chi connectivity index (χ4n) is 3.78. The third kappa shape index (κ3) is 3.22. The molecule has 0 radical (unpaired) electrons. The Kier molecular flexibility index (Phi) is 4.39. The molecule has 2 N–H and O–H groups in total. The third-order valence-electron chi connectivity index (χ3n) is 4.95. The fourth-order valence-corrected chi connectivity index (χ4v) is 3.78. The van der Waals surface area contributed by atoms with E-state index in [0.717, 1.165) is 12.5 Å². The van der Waals surface area contributed by atoms with E-state index in [-0.39, 0.29) is 0 Å². The smallest absolute Gasteiger partial charge is 0.0475 e. The summed E-state index contributed by atoms with van der Waals surface area (Å²) >= 11 is 0. The molecule has 1 heterocycles. The maximum absolute atomic E-state index is 6.07. The maximum atomic E-state index is 6.07. The van der Waals surface area contributed by atoms with Crippen molar-refractivity contribution in [3.05, 3.63) is 35.9 Å². The highest BCUT2D eigenvalue weighted by atomic mass is 15.3. The zero-order chi connectivity index (χ0) is 13.9. The SMILES string of the molecule is CN1CCN(CC2CCC(N)C2)C(c2ccccc2)C1. The lowest BCUT2D eigenvalue weighted by molar-refractivity contribution is 0.0755. The van der Waals surface area contributed by atoms with Gasteiger partial charge in [0, 0.05) is 38.3 Å². The molecule has 1 aromatic carbocycles. The van der Waals surface area contributed by atoms with Crippen LogP contribution in [0.15, 0.2) is 30.3 Å². The lowest BCUT2D eigenvalue weighted by atomic mass is 9.99. The average molecular weight is 273 g/mol. The second kappa shape index (κ2) is 6.25. The van der Waals surface area contributed by atoms with E-state index in [1.165, 1.54) is 44.5 Å². The maximum Gasteiger partial charge on any atom is 0.0475 e. The molecule has 1 aliphatic carbocycles. The Labute approximate surface area is 122 Å². The molecule has 2 fully saturated rings. The Balaban J connectivity index is 1.70. The molecule has 3 heteroatoms. The fraction of sp³-hybridized carbons (Fsp3) is 0.647. The lowest BCUT2D eigenvalue weighted by Gasteiger charge is -2.41. The molecular weight excluding hydrogens is 246 g/mol. The first-order valence-electron chi connectivity index (χ1n) is 7.95. The standard InChI is InChI=1S/C17H27N3/c1-19-9-10-20(12-14-7-8-16(18)11-14)17(13-19)15-5-3-2-4-6-15/h2-6,14,16-17H,7-13,18H2,1H3. The lowest BCUT2D eigenvalue weighted by Crippen LogP contribution is -2.48. The molecule has 3 rings (SSSR count). The van der Waals surface area contributed by atoms with Crippen molar-refractivity contribution < 1.29 is 0 Å².